The van der Waals surface area contributed by atoms with Crippen LogP contribution in [0.25, 0.3) is 0 Å². The summed E-state index contributed by atoms with van der Waals surface area (Å²) in [7, 11) is -3.57. The molecule has 2 aromatic rings. The number of carbonyl (C=O) groups is 2. The van der Waals surface area contributed by atoms with E-state index >= 15 is 0 Å². The van der Waals surface area contributed by atoms with Crippen LogP contribution in [-0.4, -0.2) is 55.1 Å². The van der Waals surface area contributed by atoms with Crippen molar-refractivity contribution in [1.29, 1.82) is 0 Å². The summed E-state index contributed by atoms with van der Waals surface area (Å²) >= 11 is 5.63. The van der Waals surface area contributed by atoms with E-state index in [0.717, 1.165) is 35.6 Å². The Morgan fingerprint density at radius 1 is 1.21 bits per heavy atom. The molecule has 3 atom stereocenters. The van der Waals surface area contributed by atoms with E-state index in [1.807, 2.05) is 0 Å². The molecule has 1 aliphatic heterocycles. The highest BCUT2D eigenvalue weighted by atomic mass is 35.5. The number of aromatic nitrogens is 1. The van der Waals surface area contributed by atoms with Crippen LogP contribution in [0.3, 0.4) is 0 Å². The molecule has 2 heterocycles. The van der Waals surface area contributed by atoms with Crippen molar-refractivity contribution in [1.82, 2.24) is 15.2 Å². The highest BCUT2D eigenvalue weighted by molar-refractivity contribution is 7.90. The van der Waals surface area contributed by atoms with E-state index in [1.54, 1.807) is 0 Å². The maximum Gasteiger partial charge on any atom is 0.256 e. The van der Waals surface area contributed by atoms with Crippen molar-refractivity contribution in [2.45, 2.75) is 42.5 Å². The van der Waals surface area contributed by atoms with Crippen molar-refractivity contribution in [3.05, 3.63) is 58.2 Å². The van der Waals surface area contributed by atoms with Gasteiger partial charge in [-0.2, -0.15) is 0 Å². The number of alkyl halides is 1. The predicted molar refractivity (Wildman–Crippen MR) is 117 cm³/mol. The molecular weight excluding hydrogens is 495 g/mol. The number of hydrogen-bond donors (Lipinski definition) is 1. The number of hydrogen-bond acceptors (Lipinski definition) is 5. The number of benzene rings is 1. The van der Waals surface area contributed by atoms with Gasteiger partial charge in [0.1, 0.15) is 23.8 Å². The summed E-state index contributed by atoms with van der Waals surface area (Å²) in [5, 5.41) is 2.05. The second-order valence-corrected chi connectivity index (χ2v) is 10.9. The lowest BCUT2D eigenvalue weighted by Gasteiger charge is -2.27. The quantitative estimate of drug-likeness (QED) is 0.596. The van der Waals surface area contributed by atoms with Gasteiger partial charge in [-0.25, -0.2) is 26.6 Å². The number of likely N-dealkylation sites (tertiary alicyclic amines) is 1. The van der Waals surface area contributed by atoms with E-state index < -0.39 is 51.5 Å². The molecule has 182 valence electrons. The number of rotatable bonds is 6. The molecule has 0 radical (unpaired) electrons. The minimum absolute atomic E-state index is 0.0103. The normalized spacial score (nSPS) is 21.4. The van der Waals surface area contributed by atoms with Gasteiger partial charge in [-0.15, -0.1) is 0 Å². The third-order valence-corrected chi connectivity index (χ3v) is 7.23. The van der Waals surface area contributed by atoms with Crippen molar-refractivity contribution < 1.29 is 31.2 Å². The van der Waals surface area contributed by atoms with Gasteiger partial charge in [-0.3, -0.25) is 9.59 Å². The van der Waals surface area contributed by atoms with Crippen molar-refractivity contribution >= 4 is 33.3 Å². The summed E-state index contributed by atoms with van der Waals surface area (Å²) in [6, 6.07) is 2.13. The van der Waals surface area contributed by atoms with Gasteiger partial charge >= 0.3 is 0 Å². The molecule has 0 bridgehead atoms. The molecule has 1 aromatic carbocycles. The first-order chi connectivity index (χ1) is 16.0. The summed E-state index contributed by atoms with van der Waals surface area (Å²) in [5.74, 6) is -3.12. The lowest BCUT2D eigenvalue weighted by molar-refractivity contribution is -0.125. The van der Waals surface area contributed by atoms with E-state index in [9.17, 15) is 31.2 Å². The molecule has 0 spiro atoms. The van der Waals surface area contributed by atoms with E-state index in [4.69, 9.17) is 11.6 Å². The SMILES string of the molecule is CS(=O)(=O)c1ccc(C(=O)N2C[C@@H](F)C[C@@H]2C(=O)NC(c2cc(F)c(Cl)cc2F)C2CC2)cn1. The molecule has 1 aromatic heterocycles. The number of amides is 2. The van der Waals surface area contributed by atoms with Gasteiger partial charge in [0.05, 0.1) is 23.2 Å². The first-order valence-electron chi connectivity index (χ1n) is 10.5. The Bertz CT molecular complexity index is 1240. The smallest absolute Gasteiger partial charge is 0.256 e. The molecular formula is C22H21ClF3N3O4S. The van der Waals surface area contributed by atoms with Crippen LogP contribution in [0.1, 0.15) is 41.2 Å². The highest BCUT2D eigenvalue weighted by Crippen LogP contribution is 2.42. The van der Waals surface area contributed by atoms with Crippen LogP contribution < -0.4 is 5.32 Å². The van der Waals surface area contributed by atoms with Crippen LogP contribution in [0.15, 0.2) is 35.5 Å². The molecule has 12 heteroatoms. The third-order valence-electron chi connectivity index (χ3n) is 5.94. The predicted octanol–water partition coefficient (Wildman–Crippen LogP) is 3.24. The van der Waals surface area contributed by atoms with Gasteiger partial charge in [0.25, 0.3) is 5.91 Å². The maximum absolute atomic E-state index is 14.5. The van der Waals surface area contributed by atoms with Crippen LogP contribution in [0.5, 0.6) is 0 Å². The maximum atomic E-state index is 14.5. The third kappa shape index (κ3) is 5.05. The Kier molecular flexibility index (Phi) is 6.61. The summed E-state index contributed by atoms with van der Waals surface area (Å²) in [4.78, 5) is 30.9. The molecule has 2 aliphatic rings. The second kappa shape index (κ2) is 9.18. The molecule has 34 heavy (non-hydrogen) atoms. The highest BCUT2D eigenvalue weighted by Gasteiger charge is 2.43. The van der Waals surface area contributed by atoms with Gasteiger partial charge in [0, 0.05) is 24.4 Å². The van der Waals surface area contributed by atoms with Gasteiger partial charge in [-0.1, -0.05) is 11.6 Å². The first-order valence-corrected chi connectivity index (χ1v) is 12.8. The zero-order chi connectivity index (χ0) is 24.8. The number of sulfone groups is 1. The number of nitrogens with zero attached hydrogens (tertiary/aromatic N) is 2. The number of halogens is 4. The monoisotopic (exact) mass is 515 g/mol. The fourth-order valence-corrected chi connectivity index (χ4v) is 4.76. The first kappa shape index (κ1) is 24.5. The number of pyridine rings is 1. The van der Waals surface area contributed by atoms with Crippen molar-refractivity contribution in [2.75, 3.05) is 12.8 Å². The van der Waals surface area contributed by atoms with Gasteiger partial charge < -0.3 is 10.2 Å². The van der Waals surface area contributed by atoms with E-state index in [-0.39, 0.29) is 40.1 Å². The number of carbonyl (C=O) groups excluding carboxylic acids is 2. The van der Waals surface area contributed by atoms with Gasteiger partial charge in [0.15, 0.2) is 14.9 Å². The van der Waals surface area contributed by atoms with E-state index in [1.165, 1.54) is 6.07 Å². The van der Waals surface area contributed by atoms with Crippen molar-refractivity contribution in [2.24, 2.45) is 5.92 Å². The summed E-state index contributed by atoms with van der Waals surface area (Å²) < 4.78 is 66.0. The van der Waals surface area contributed by atoms with Gasteiger partial charge in [-0.05, 0) is 43.0 Å². The van der Waals surface area contributed by atoms with Crippen LogP contribution in [0, 0.1) is 17.6 Å². The zero-order valence-corrected chi connectivity index (χ0v) is 19.5. The van der Waals surface area contributed by atoms with Gasteiger partial charge in [0.2, 0.25) is 5.91 Å². The molecule has 2 fully saturated rings. The minimum atomic E-state index is -3.57. The largest absolute Gasteiger partial charge is 0.347 e. The average molecular weight is 516 g/mol. The summed E-state index contributed by atoms with van der Waals surface area (Å²) in [6.07, 6.45) is 1.67. The lowest BCUT2D eigenvalue weighted by atomic mass is 10.0. The van der Waals surface area contributed by atoms with Crippen LogP contribution in [0.4, 0.5) is 13.2 Å². The molecule has 1 N–H and O–H groups in total. The molecule has 4 rings (SSSR count). The van der Waals surface area contributed by atoms with Crippen molar-refractivity contribution in [3.63, 3.8) is 0 Å². The molecule has 1 saturated heterocycles. The number of nitrogens with one attached hydrogen (secondary N) is 1. The summed E-state index contributed by atoms with van der Waals surface area (Å²) in [6.45, 7) is -0.344. The van der Waals surface area contributed by atoms with Crippen LogP contribution in [-0.2, 0) is 14.6 Å². The fraction of sp³-hybridized carbons (Fsp3) is 0.409. The van der Waals surface area contributed by atoms with E-state index in [0.29, 0.717) is 12.8 Å². The Hall–Kier alpha value is -2.66. The van der Waals surface area contributed by atoms with Crippen LogP contribution >= 0.6 is 11.6 Å². The average Bonchev–Trinajstić information content (AvgIpc) is 3.54. The Labute approximate surface area is 199 Å². The fourth-order valence-electron chi connectivity index (χ4n) is 4.05. The minimum Gasteiger partial charge on any atom is -0.347 e. The molecule has 7 nitrogen and oxygen atoms in total. The Morgan fingerprint density at radius 3 is 2.50 bits per heavy atom. The lowest BCUT2D eigenvalue weighted by Crippen LogP contribution is -2.47. The van der Waals surface area contributed by atoms with Crippen molar-refractivity contribution in [3.8, 4) is 0 Å². The Morgan fingerprint density at radius 2 is 1.91 bits per heavy atom. The summed E-state index contributed by atoms with van der Waals surface area (Å²) in [5.41, 5.74) is -0.0742. The molecule has 2 amide bonds. The van der Waals surface area contributed by atoms with E-state index in [2.05, 4.69) is 10.3 Å². The molecule has 1 unspecified atom stereocenters. The topological polar surface area (TPSA) is 96.4 Å². The zero-order valence-electron chi connectivity index (χ0n) is 18.0. The Balaban J connectivity index is 1.55. The second-order valence-electron chi connectivity index (χ2n) is 8.58. The molecule has 1 aliphatic carbocycles. The molecule has 1 saturated carbocycles. The standard InChI is InChI=1S/C22H21ClF3N3O4S/c1-34(32,33)19-5-4-12(9-27-19)22(31)29-10-13(24)6-18(29)21(30)28-20(11-2-3-11)14-7-17(26)15(23)8-16(14)25/h4-5,7-9,11,13,18,20H,2-3,6,10H2,1H3,(H,28,30)/t13-,18+,20?/m0/s1. The van der Waals surface area contributed by atoms with Crippen LogP contribution in [0.2, 0.25) is 5.02 Å².